The molecule has 0 atom stereocenters. The molecule has 0 aromatic heterocycles. The number of nitriles is 1. The van der Waals surface area contributed by atoms with E-state index in [1.54, 1.807) is 0 Å². The van der Waals surface area contributed by atoms with Crippen LogP contribution in [0, 0.1) is 34.5 Å². The summed E-state index contributed by atoms with van der Waals surface area (Å²) in [5, 5.41) is 9.55. The minimum Gasteiger partial charge on any atom is -0.492 e. The van der Waals surface area contributed by atoms with Gasteiger partial charge in [0.25, 0.3) is 0 Å². The van der Waals surface area contributed by atoms with E-state index in [1.807, 2.05) is 12.1 Å². The Labute approximate surface area is 198 Å². The summed E-state index contributed by atoms with van der Waals surface area (Å²) >= 11 is 9.58. The molecular formula is C26H41BrClNO. The van der Waals surface area contributed by atoms with E-state index >= 15 is 0 Å². The van der Waals surface area contributed by atoms with Crippen molar-refractivity contribution in [3.63, 3.8) is 0 Å². The first-order chi connectivity index (χ1) is 14.2. The maximum Gasteiger partial charge on any atom is 0.139 e. The van der Waals surface area contributed by atoms with Gasteiger partial charge in [-0.2, -0.15) is 5.26 Å². The minimum atomic E-state index is 0.396. The second-order valence-electron chi connectivity index (χ2n) is 9.50. The average molecular weight is 499 g/mol. The topological polar surface area (TPSA) is 33.0 Å². The second kappa shape index (κ2) is 13.6. The number of hydrogen-bond donors (Lipinski definition) is 0. The van der Waals surface area contributed by atoms with Gasteiger partial charge >= 0.3 is 0 Å². The molecule has 30 heavy (non-hydrogen) atoms. The van der Waals surface area contributed by atoms with Gasteiger partial charge < -0.3 is 4.74 Å². The maximum atomic E-state index is 9.16. The molecule has 2 nitrogen and oxygen atoms in total. The summed E-state index contributed by atoms with van der Waals surface area (Å²) in [5.41, 5.74) is 0.905. The molecule has 1 rings (SSSR count). The molecule has 0 N–H and O–H groups in total. The first-order valence-electron chi connectivity index (χ1n) is 11.7. The molecule has 0 aliphatic heterocycles. The largest absolute Gasteiger partial charge is 0.492 e. The Bertz CT molecular complexity index is 657. The summed E-state index contributed by atoms with van der Waals surface area (Å²) in [6.45, 7) is 15.1. The number of ether oxygens (including phenoxy) is 1. The minimum absolute atomic E-state index is 0.396. The van der Waals surface area contributed by atoms with Crippen LogP contribution < -0.4 is 4.74 Å². The van der Waals surface area contributed by atoms with Crippen LogP contribution in [0.25, 0.3) is 0 Å². The molecule has 0 aliphatic rings. The fourth-order valence-corrected chi connectivity index (χ4v) is 6.01. The highest BCUT2D eigenvalue weighted by molar-refractivity contribution is 9.10. The van der Waals surface area contributed by atoms with E-state index < -0.39 is 0 Å². The molecule has 0 saturated carbocycles. The van der Waals surface area contributed by atoms with E-state index in [9.17, 15) is 0 Å². The lowest BCUT2D eigenvalue weighted by molar-refractivity contribution is 0.0356. The summed E-state index contributed by atoms with van der Waals surface area (Å²) in [7, 11) is 0. The average Bonchev–Trinajstić information content (AvgIpc) is 2.67. The summed E-state index contributed by atoms with van der Waals surface area (Å²) in [6.07, 6.45) is 10.1. The Morgan fingerprint density at radius 2 is 1.40 bits per heavy atom. The zero-order valence-electron chi connectivity index (χ0n) is 19.9. The van der Waals surface area contributed by atoms with Crippen LogP contribution in [0.4, 0.5) is 0 Å². The number of nitrogens with zero attached hydrogens (tertiary/aromatic N) is 1. The zero-order chi connectivity index (χ0) is 22.7. The van der Waals surface area contributed by atoms with Crippen LogP contribution in [0.2, 0.25) is 5.02 Å². The third-order valence-electron chi connectivity index (χ3n) is 6.90. The monoisotopic (exact) mass is 497 g/mol. The van der Waals surface area contributed by atoms with Crippen LogP contribution >= 0.6 is 27.5 Å². The maximum absolute atomic E-state index is 9.16. The van der Waals surface area contributed by atoms with Gasteiger partial charge in [-0.25, -0.2) is 0 Å². The van der Waals surface area contributed by atoms with Crippen molar-refractivity contribution < 1.29 is 4.74 Å². The lowest BCUT2D eigenvalue weighted by Gasteiger charge is -2.45. The summed E-state index contributed by atoms with van der Waals surface area (Å²) < 4.78 is 6.48. The van der Waals surface area contributed by atoms with Gasteiger partial charge in [0.05, 0.1) is 12.2 Å². The molecular weight excluding hydrogens is 458 g/mol. The summed E-state index contributed by atoms with van der Waals surface area (Å²) in [5.74, 6) is 2.81. The Morgan fingerprint density at radius 1 is 0.900 bits per heavy atom. The van der Waals surface area contributed by atoms with Gasteiger partial charge in [-0.3, -0.25) is 0 Å². The van der Waals surface area contributed by atoms with Crippen LogP contribution in [0.15, 0.2) is 16.6 Å². The number of halogens is 2. The van der Waals surface area contributed by atoms with Gasteiger partial charge in [-0.05, 0) is 64.1 Å². The first kappa shape index (κ1) is 27.3. The van der Waals surface area contributed by atoms with Crippen LogP contribution in [-0.2, 0) is 0 Å². The van der Waals surface area contributed by atoms with Crippen molar-refractivity contribution in [2.45, 2.75) is 92.9 Å². The number of rotatable bonds is 14. The molecule has 0 heterocycles. The summed E-state index contributed by atoms with van der Waals surface area (Å²) in [6, 6.07) is 5.74. The van der Waals surface area contributed by atoms with Gasteiger partial charge in [0.2, 0.25) is 0 Å². The molecule has 1 aromatic carbocycles. The molecule has 0 fully saturated rings. The molecule has 0 saturated heterocycles. The third kappa shape index (κ3) is 7.45. The van der Waals surface area contributed by atoms with Gasteiger partial charge in [0.15, 0.2) is 0 Å². The Hall–Kier alpha value is -0.720. The van der Waals surface area contributed by atoms with Crippen molar-refractivity contribution in [2.24, 2.45) is 23.2 Å². The molecule has 0 radical (unpaired) electrons. The third-order valence-corrected chi connectivity index (χ3v) is 7.94. The van der Waals surface area contributed by atoms with Crippen molar-refractivity contribution in [1.82, 2.24) is 0 Å². The van der Waals surface area contributed by atoms with E-state index in [0.717, 1.165) is 24.2 Å². The SMILES string of the molecule is CC(C)C(CCCCCCCCCOc1ccc(Br)c(C#N)c1Cl)(C(C)C)C(C)C. The highest BCUT2D eigenvalue weighted by Gasteiger charge is 2.39. The van der Waals surface area contributed by atoms with Crippen molar-refractivity contribution in [3.05, 3.63) is 27.2 Å². The molecule has 1 aromatic rings. The summed E-state index contributed by atoms with van der Waals surface area (Å²) in [4.78, 5) is 0. The molecule has 0 unspecified atom stereocenters. The molecule has 0 spiro atoms. The van der Waals surface area contributed by atoms with Crippen molar-refractivity contribution in [1.29, 1.82) is 5.26 Å². The first-order valence-corrected chi connectivity index (χ1v) is 12.9. The molecule has 0 amide bonds. The van der Waals surface area contributed by atoms with E-state index in [0.29, 0.717) is 32.8 Å². The Balaban J connectivity index is 2.22. The van der Waals surface area contributed by atoms with E-state index in [-0.39, 0.29) is 0 Å². The highest BCUT2D eigenvalue weighted by atomic mass is 79.9. The van der Waals surface area contributed by atoms with Gasteiger partial charge in [0.1, 0.15) is 16.8 Å². The van der Waals surface area contributed by atoms with Crippen molar-refractivity contribution in [3.8, 4) is 11.8 Å². The van der Waals surface area contributed by atoms with Crippen LogP contribution in [0.3, 0.4) is 0 Å². The van der Waals surface area contributed by atoms with E-state index in [1.165, 1.54) is 44.9 Å². The Morgan fingerprint density at radius 3 is 1.90 bits per heavy atom. The smallest absolute Gasteiger partial charge is 0.139 e. The fourth-order valence-electron chi connectivity index (χ4n) is 5.21. The Kier molecular flexibility index (Phi) is 12.4. The number of unbranched alkanes of at least 4 members (excludes halogenated alkanes) is 6. The van der Waals surface area contributed by atoms with Crippen LogP contribution in [-0.4, -0.2) is 6.61 Å². The number of hydrogen-bond acceptors (Lipinski definition) is 2. The predicted octanol–water partition coefficient (Wildman–Crippen LogP) is 9.43. The lowest BCUT2D eigenvalue weighted by Crippen LogP contribution is -2.38. The van der Waals surface area contributed by atoms with Crippen molar-refractivity contribution in [2.75, 3.05) is 6.61 Å². The zero-order valence-corrected chi connectivity index (χ0v) is 22.2. The highest BCUT2D eigenvalue weighted by Crippen LogP contribution is 2.47. The van der Waals surface area contributed by atoms with Crippen molar-refractivity contribution >= 4 is 27.5 Å². The normalized spacial score (nSPS) is 12.1. The van der Waals surface area contributed by atoms with E-state index in [4.69, 9.17) is 21.6 Å². The standard InChI is InChI=1S/C26H41BrClNO/c1-19(2)26(20(3)4,21(5)6)16-12-10-8-7-9-11-13-17-30-24-15-14-23(27)22(18-29)25(24)28/h14-15,19-21H,7-13,16-17H2,1-6H3. The molecule has 0 bridgehead atoms. The molecule has 4 heteroatoms. The predicted molar refractivity (Wildman–Crippen MR) is 133 cm³/mol. The molecule has 170 valence electrons. The quantitative estimate of drug-likeness (QED) is 0.239. The van der Waals surface area contributed by atoms with E-state index in [2.05, 4.69) is 63.5 Å². The fraction of sp³-hybridized carbons (Fsp3) is 0.731. The van der Waals surface area contributed by atoms with Crippen LogP contribution in [0.1, 0.15) is 98.5 Å². The van der Waals surface area contributed by atoms with Crippen LogP contribution in [0.5, 0.6) is 5.75 Å². The van der Waals surface area contributed by atoms with Gasteiger partial charge in [-0.1, -0.05) is 91.7 Å². The second-order valence-corrected chi connectivity index (χ2v) is 10.7. The number of benzene rings is 1. The van der Waals surface area contributed by atoms with Gasteiger partial charge in [-0.15, -0.1) is 0 Å². The van der Waals surface area contributed by atoms with Gasteiger partial charge in [0, 0.05) is 4.47 Å². The lowest BCUT2D eigenvalue weighted by atomic mass is 9.60. The molecule has 0 aliphatic carbocycles.